The molecule has 7 heteroatoms. The molecule has 0 fully saturated rings. The zero-order valence-electron chi connectivity index (χ0n) is 15.7. The highest BCUT2D eigenvalue weighted by molar-refractivity contribution is 8.21. The minimum atomic E-state index is -1.18. The van der Waals surface area contributed by atoms with E-state index in [9.17, 15) is 9.90 Å². The number of thiol groups is 1. The number of phenols is 1. The number of amides is 1. The largest absolute Gasteiger partial charge is 0.508 e. The van der Waals surface area contributed by atoms with E-state index in [-0.39, 0.29) is 5.75 Å². The fraction of sp³-hybridized carbons (Fsp3) is 0.200. The molecule has 0 saturated heterocycles. The van der Waals surface area contributed by atoms with Gasteiger partial charge in [-0.25, -0.2) is 4.98 Å². The van der Waals surface area contributed by atoms with E-state index in [4.69, 9.17) is 11.5 Å². The maximum absolute atomic E-state index is 12.3. The first-order valence-electron chi connectivity index (χ1n) is 8.58. The highest BCUT2D eigenvalue weighted by Crippen LogP contribution is 2.62. The van der Waals surface area contributed by atoms with E-state index in [0.717, 1.165) is 43.6 Å². The molecule has 0 aliphatic carbocycles. The van der Waals surface area contributed by atoms with Gasteiger partial charge < -0.3 is 21.1 Å². The SMILES string of the molecule is Cc1cc2c3c(cn(C)c-2n1)[SH](c1c(C)ccc(O)c1C)C(N)=C3C(N)=O. The number of hydrogen-bond acceptors (Lipinski definition) is 4. The Morgan fingerprint density at radius 2 is 1.96 bits per heavy atom. The van der Waals surface area contributed by atoms with Gasteiger partial charge in [0.15, 0.2) is 0 Å². The lowest BCUT2D eigenvalue weighted by molar-refractivity contribution is -0.112. The number of benzene rings is 1. The minimum absolute atomic E-state index is 0.219. The number of nitrogens with zero attached hydrogens (tertiary/aromatic N) is 2. The second-order valence-electron chi connectivity index (χ2n) is 6.97. The lowest BCUT2D eigenvalue weighted by atomic mass is 10.0. The summed E-state index contributed by atoms with van der Waals surface area (Å²) in [6.45, 7) is 5.79. The molecule has 4 rings (SSSR count). The smallest absolute Gasteiger partial charge is 0.251 e. The molecule has 0 radical (unpaired) electrons. The van der Waals surface area contributed by atoms with Gasteiger partial charge in [0.2, 0.25) is 0 Å². The fourth-order valence-electron chi connectivity index (χ4n) is 3.89. The molecule has 6 nitrogen and oxygen atoms in total. The number of pyridine rings is 1. The highest BCUT2D eigenvalue weighted by Gasteiger charge is 2.37. The van der Waals surface area contributed by atoms with Crippen LogP contribution in [0, 0.1) is 20.8 Å². The number of phenolic OH excluding ortho intramolecular Hbond substituents is 1. The number of carbonyl (C=O) groups is 1. The summed E-state index contributed by atoms with van der Waals surface area (Å²) in [7, 11) is 0.755. The van der Waals surface area contributed by atoms with Crippen LogP contribution in [-0.4, -0.2) is 20.6 Å². The number of aryl methyl sites for hydroxylation is 3. The molecule has 0 aromatic heterocycles. The van der Waals surface area contributed by atoms with Gasteiger partial charge in [0.25, 0.3) is 5.91 Å². The van der Waals surface area contributed by atoms with Crippen molar-refractivity contribution in [1.29, 1.82) is 0 Å². The van der Waals surface area contributed by atoms with Gasteiger partial charge >= 0.3 is 0 Å². The molecule has 3 aliphatic heterocycles. The van der Waals surface area contributed by atoms with Gasteiger partial charge in [-0.15, -0.1) is 0 Å². The van der Waals surface area contributed by atoms with Crippen LogP contribution in [0.4, 0.5) is 0 Å². The zero-order chi connectivity index (χ0) is 19.6. The third-order valence-electron chi connectivity index (χ3n) is 5.11. The van der Waals surface area contributed by atoms with E-state index in [1.807, 2.05) is 50.7 Å². The van der Waals surface area contributed by atoms with Gasteiger partial charge in [0.05, 0.1) is 10.6 Å². The lowest BCUT2D eigenvalue weighted by Gasteiger charge is -2.25. The van der Waals surface area contributed by atoms with E-state index in [1.165, 1.54) is 0 Å². The van der Waals surface area contributed by atoms with Gasteiger partial charge in [-0.2, -0.15) is 10.9 Å². The normalized spacial score (nSPS) is 17.6. The van der Waals surface area contributed by atoms with Crippen molar-refractivity contribution in [2.75, 3.05) is 0 Å². The monoisotopic (exact) mass is 382 g/mol. The number of hydrogen-bond donors (Lipinski definition) is 4. The first-order chi connectivity index (χ1) is 12.7. The molecule has 5 N–H and O–H groups in total. The second-order valence-corrected chi connectivity index (χ2v) is 9.05. The van der Waals surface area contributed by atoms with Crippen molar-refractivity contribution in [1.82, 2.24) is 9.55 Å². The van der Waals surface area contributed by atoms with Crippen molar-refractivity contribution in [3.63, 3.8) is 0 Å². The van der Waals surface area contributed by atoms with Crippen LogP contribution in [-0.2, 0) is 11.8 Å². The molecular weight excluding hydrogens is 360 g/mol. The minimum Gasteiger partial charge on any atom is -0.508 e. The predicted molar refractivity (Wildman–Crippen MR) is 108 cm³/mol. The molecule has 1 aromatic rings. The van der Waals surface area contributed by atoms with Gasteiger partial charge in [-0.3, -0.25) is 4.79 Å². The van der Waals surface area contributed by atoms with Gasteiger partial charge in [0, 0.05) is 45.4 Å². The van der Waals surface area contributed by atoms with Crippen LogP contribution >= 0.6 is 10.9 Å². The number of aromatic nitrogens is 2. The van der Waals surface area contributed by atoms with Gasteiger partial charge in [0.1, 0.15) is 11.6 Å². The molecular formula is C20H22N4O2S. The van der Waals surface area contributed by atoms with E-state index in [0.29, 0.717) is 10.6 Å². The molecule has 1 amide bonds. The van der Waals surface area contributed by atoms with Crippen molar-refractivity contribution >= 4 is 22.4 Å². The third-order valence-corrected chi connectivity index (χ3v) is 7.78. The summed E-state index contributed by atoms with van der Waals surface area (Å²) in [5.74, 6) is 0.471. The van der Waals surface area contributed by atoms with Crippen LogP contribution in [0.2, 0.25) is 0 Å². The van der Waals surface area contributed by atoms with E-state index >= 15 is 0 Å². The van der Waals surface area contributed by atoms with Crippen LogP contribution in [0.5, 0.6) is 5.75 Å². The van der Waals surface area contributed by atoms with E-state index < -0.39 is 16.8 Å². The second kappa shape index (κ2) is 5.79. The molecule has 0 bridgehead atoms. The molecule has 0 saturated carbocycles. The molecule has 1 atom stereocenters. The molecule has 140 valence electrons. The molecule has 27 heavy (non-hydrogen) atoms. The predicted octanol–water partition coefficient (Wildman–Crippen LogP) is 2.70. The summed E-state index contributed by atoms with van der Waals surface area (Å²) >= 11 is 0. The van der Waals surface area contributed by atoms with E-state index in [1.54, 1.807) is 6.07 Å². The third kappa shape index (κ3) is 2.35. The summed E-state index contributed by atoms with van der Waals surface area (Å²) < 4.78 is 1.96. The van der Waals surface area contributed by atoms with Crippen molar-refractivity contribution in [3.8, 4) is 17.1 Å². The first kappa shape index (κ1) is 17.5. The molecule has 1 unspecified atom stereocenters. The van der Waals surface area contributed by atoms with Crippen LogP contribution < -0.4 is 11.5 Å². The Kier molecular flexibility index (Phi) is 3.75. The number of nitrogens with two attached hydrogens (primary N) is 2. The van der Waals surface area contributed by atoms with Crippen molar-refractivity contribution in [2.24, 2.45) is 18.5 Å². The fourth-order valence-corrected chi connectivity index (χ4v) is 6.70. The Balaban J connectivity index is 2.13. The average molecular weight is 382 g/mol. The maximum Gasteiger partial charge on any atom is 0.251 e. The number of fused-ring (bicyclic) bond motifs is 3. The maximum atomic E-state index is 12.3. The molecule has 1 aromatic carbocycles. The van der Waals surface area contributed by atoms with Crippen molar-refractivity contribution in [2.45, 2.75) is 30.6 Å². The summed E-state index contributed by atoms with van der Waals surface area (Å²) in [5.41, 5.74) is 17.0. The molecule has 3 heterocycles. The Labute approximate surface area is 160 Å². The molecule has 3 aliphatic rings. The van der Waals surface area contributed by atoms with Gasteiger partial charge in [-0.1, -0.05) is 6.07 Å². The van der Waals surface area contributed by atoms with Crippen LogP contribution in [0.15, 0.2) is 39.2 Å². The van der Waals surface area contributed by atoms with Crippen LogP contribution in [0.1, 0.15) is 22.4 Å². The van der Waals surface area contributed by atoms with Crippen LogP contribution in [0.3, 0.4) is 0 Å². The van der Waals surface area contributed by atoms with E-state index in [2.05, 4.69) is 4.98 Å². The Morgan fingerprint density at radius 1 is 1.26 bits per heavy atom. The van der Waals surface area contributed by atoms with Crippen LogP contribution in [0.25, 0.3) is 17.0 Å². The lowest BCUT2D eigenvalue weighted by Crippen LogP contribution is -2.16. The summed E-state index contributed by atoms with van der Waals surface area (Å²) in [5, 5.41) is 10.8. The quantitative estimate of drug-likeness (QED) is 0.511. The standard InChI is InChI=1S/C20H22N4O2S/c1-9-5-6-13(25)11(3)17(9)27-14-8-24(4)20-12(7-10(2)23-20)15(14)16(18(21)26)19(27)22/h5-8,25,27H,22H2,1-4H3,(H2,21,26). The Hall–Kier alpha value is -2.93. The highest BCUT2D eigenvalue weighted by atomic mass is 32.2. The van der Waals surface area contributed by atoms with Gasteiger partial charge in [-0.05, 0) is 38.5 Å². The molecule has 0 spiro atoms. The topological polar surface area (TPSA) is 107 Å². The van der Waals surface area contributed by atoms with Crippen molar-refractivity contribution in [3.05, 3.63) is 51.8 Å². The number of carbonyl (C=O) groups excluding carboxylic acids is 1. The first-order valence-corrected chi connectivity index (χ1v) is 9.92. The zero-order valence-corrected chi connectivity index (χ0v) is 16.6. The number of primary amides is 1. The Morgan fingerprint density at radius 3 is 2.63 bits per heavy atom. The average Bonchev–Trinajstić information content (AvgIpc) is 3.11. The van der Waals surface area contributed by atoms with Crippen molar-refractivity contribution < 1.29 is 9.90 Å². The Bertz CT molecular complexity index is 1130. The summed E-state index contributed by atoms with van der Waals surface area (Å²) in [6, 6.07) is 5.52. The number of rotatable bonds is 2. The number of aromatic hydroxyl groups is 1. The summed E-state index contributed by atoms with van der Waals surface area (Å²) in [4.78, 5) is 18.8. The summed E-state index contributed by atoms with van der Waals surface area (Å²) in [6.07, 6.45) is 1.99.